The summed E-state index contributed by atoms with van der Waals surface area (Å²) in [6.45, 7) is 6.04. The highest BCUT2D eigenvalue weighted by Crippen LogP contribution is 2.39. The first-order valence-corrected chi connectivity index (χ1v) is 10.6. The molecule has 0 fully saturated rings. The van der Waals surface area contributed by atoms with Crippen LogP contribution in [0.15, 0.2) is 53.7 Å². The van der Waals surface area contributed by atoms with Gasteiger partial charge in [0.05, 0.1) is 18.8 Å². The molecule has 0 spiro atoms. The molecule has 9 nitrogen and oxygen atoms in total. The van der Waals surface area contributed by atoms with Gasteiger partial charge in [0.1, 0.15) is 18.5 Å². The Hall–Kier alpha value is -3.95. The van der Waals surface area contributed by atoms with Crippen LogP contribution in [0.5, 0.6) is 11.5 Å². The number of halogens is 1. The molecule has 1 aliphatic heterocycles. The fraction of sp³-hybridized carbons (Fsp3) is 0.304. The molecule has 3 aromatic rings. The zero-order valence-corrected chi connectivity index (χ0v) is 18.5. The largest absolute Gasteiger partial charge is 0.490 e. The number of carbonyl (C=O) groups excluding carboxylic acids is 1. The minimum Gasteiger partial charge on any atom is -0.490 e. The Balaban J connectivity index is 1.71. The van der Waals surface area contributed by atoms with Crippen LogP contribution in [0, 0.1) is 5.82 Å². The number of nitrogens with one attached hydrogen (secondary N) is 1. The van der Waals surface area contributed by atoms with Gasteiger partial charge in [-0.05, 0) is 55.0 Å². The molecule has 0 bridgehead atoms. The van der Waals surface area contributed by atoms with Crippen molar-refractivity contribution in [2.24, 2.45) is 0 Å². The second-order valence-corrected chi connectivity index (χ2v) is 7.25. The van der Waals surface area contributed by atoms with Crippen LogP contribution in [0.25, 0.3) is 0 Å². The summed E-state index contributed by atoms with van der Waals surface area (Å²) in [5, 5.41) is 14.8. The molecule has 172 valence electrons. The molecule has 1 unspecified atom stereocenters. The molecule has 2 heterocycles. The van der Waals surface area contributed by atoms with Gasteiger partial charge in [0.2, 0.25) is 5.95 Å². The van der Waals surface area contributed by atoms with E-state index in [1.165, 1.54) is 10.7 Å². The van der Waals surface area contributed by atoms with Crippen molar-refractivity contribution >= 4 is 11.9 Å². The normalized spacial score (nSPS) is 15.0. The van der Waals surface area contributed by atoms with E-state index in [4.69, 9.17) is 14.2 Å². The van der Waals surface area contributed by atoms with Gasteiger partial charge >= 0.3 is 5.97 Å². The molecule has 10 heteroatoms. The predicted molar refractivity (Wildman–Crippen MR) is 117 cm³/mol. The quantitative estimate of drug-likeness (QED) is 0.516. The summed E-state index contributed by atoms with van der Waals surface area (Å²) in [4.78, 5) is 12.8. The fourth-order valence-electron chi connectivity index (χ4n) is 3.65. The summed E-state index contributed by atoms with van der Waals surface area (Å²) in [6.07, 6.45) is 0. The highest BCUT2D eigenvalue weighted by Gasteiger charge is 2.35. The van der Waals surface area contributed by atoms with Crippen LogP contribution in [-0.4, -0.2) is 39.4 Å². The van der Waals surface area contributed by atoms with Crippen molar-refractivity contribution in [1.82, 2.24) is 20.2 Å². The van der Waals surface area contributed by atoms with E-state index in [0.717, 1.165) is 0 Å². The molecular formula is C23H24FN5O4. The van der Waals surface area contributed by atoms with Crippen LogP contribution in [-0.2, 0) is 16.1 Å². The van der Waals surface area contributed by atoms with Gasteiger partial charge in [0.25, 0.3) is 0 Å². The Labute approximate surface area is 190 Å². The SMILES string of the molecule is CCOC(=O)C1=C(C)Nc2nnnn2C1c1ccc(OCc2ccccc2F)c(OCC)c1. The van der Waals surface area contributed by atoms with E-state index < -0.39 is 12.0 Å². The number of esters is 1. The van der Waals surface area contributed by atoms with E-state index in [1.807, 2.05) is 6.92 Å². The fourth-order valence-corrected chi connectivity index (χ4v) is 3.65. The predicted octanol–water partition coefficient (Wildman–Crippen LogP) is 3.64. The average molecular weight is 453 g/mol. The number of benzene rings is 2. The number of nitrogens with zero attached hydrogens (tertiary/aromatic N) is 4. The van der Waals surface area contributed by atoms with Crippen LogP contribution < -0.4 is 14.8 Å². The van der Waals surface area contributed by atoms with Crippen LogP contribution in [0.4, 0.5) is 10.3 Å². The lowest BCUT2D eigenvalue weighted by atomic mass is 9.95. The van der Waals surface area contributed by atoms with E-state index in [-0.39, 0.29) is 19.0 Å². The number of fused-ring (bicyclic) bond motifs is 1. The molecule has 1 aromatic heterocycles. The number of rotatable bonds is 8. The zero-order chi connectivity index (χ0) is 23.4. The number of hydrogen-bond donors (Lipinski definition) is 1. The van der Waals surface area contributed by atoms with E-state index in [9.17, 15) is 9.18 Å². The highest BCUT2D eigenvalue weighted by atomic mass is 19.1. The summed E-state index contributed by atoms with van der Waals surface area (Å²) in [7, 11) is 0. The van der Waals surface area contributed by atoms with Gasteiger partial charge in [-0.3, -0.25) is 0 Å². The Morgan fingerprint density at radius 3 is 2.70 bits per heavy atom. The molecule has 0 saturated carbocycles. The molecule has 0 saturated heterocycles. The maximum Gasteiger partial charge on any atom is 0.338 e. The standard InChI is InChI=1S/C23H24FN5O4/c1-4-31-19-12-15(10-11-18(19)33-13-16-8-6-7-9-17(16)24)21-20(22(30)32-5-2)14(3)25-23-26-27-28-29(21)23/h6-12,21H,4-5,13H2,1-3H3,(H,25,26,28). The second kappa shape index (κ2) is 9.68. The maximum atomic E-state index is 14.0. The second-order valence-electron chi connectivity index (χ2n) is 7.25. The highest BCUT2D eigenvalue weighted by molar-refractivity contribution is 5.92. The van der Waals surface area contributed by atoms with Gasteiger partial charge < -0.3 is 19.5 Å². The molecule has 2 aromatic carbocycles. The van der Waals surface area contributed by atoms with Crippen molar-refractivity contribution in [2.75, 3.05) is 18.5 Å². The molecule has 0 amide bonds. The van der Waals surface area contributed by atoms with Crippen molar-refractivity contribution in [1.29, 1.82) is 0 Å². The van der Waals surface area contributed by atoms with Crippen molar-refractivity contribution in [3.05, 3.63) is 70.7 Å². The first kappa shape index (κ1) is 22.3. The Kier molecular flexibility index (Phi) is 6.53. The van der Waals surface area contributed by atoms with Crippen LogP contribution in [0.2, 0.25) is 0 Å². The summed E-state index contributed by atoms with van der Waals surface area (Å²) < 4.78 is 32.5. The lowest BCUT2D eigenvalue weighted by molar-refractivity contribution is -0.139. The van der Waals surface area contributed by atoms with Crippen molar-refractivity contribution in [2.45, 2.75) is 33.4 Å². The molecule has 4 rings (SSSR count). The van der Waals surface area contributed by atoms with Crippen molar-refractivity contribution in [3.63, 3.8) is 0 Å². The van der Waals surface area contributed by atoms with Crippen LogP contribution in [0.1, 0.15) is 37.9 Å². The topological polar surface area (TPSA) is 100 Å². The summed E-state index contributed by atoms with van der Waals surface area (Å²) in [5.41, 5.74) is 2.12. The third-order valence-electron chi connectivity index (χ3n) is 5.13. The zero-order valence-electron chi connectivity index (χ0n) is 18.5. The Bertz CT molecular complexity index is 1190. The molecule has 1 N–H and O–H groups in total. The lowest BCUT2D eigenvalue weighted by Gasteiger charge is -2.27. The Morgan fingerprint density at radius 2 is 1.94 bits per heavy atom. The third-order valence-corrected chi connectivity index (χ3v) is 5.13. The number of ether oxygens (including phenoxy) is 3. The van der Waals surface area contributed by atoms with Gasteiger partial charge in [0.15, 0.2) is 11.5 Å². The average Bonchev–Trinajstić information content (AvgIpc) is 3.26. The van der Waals surface area contributed by atoms with Gasteiger partial charge in [0, 0.05) is 11.3 Å². The summed E-state index contributed by atoms with van der Waals surface area (Å²) in [6, 6.07) is 11.1. The first-order valence-electron chi connectivity index (χ1n) is 10.6. The maximum absolute atomic E-state index is 14.0. The molecule has 1 atom stereocenters. The van der Waals surface area contributed by atoms with E-state index in [1.54, 1.807) is 50.2 Å². The number of allylic oxidation sites excluding steroid dienone is 1. The molecule has 33 heavy (non-hydrogen) atoms. The molecule has 0 aliphatic carbocycles. The minimum absolute atomic E-state index is 0.0453. The third kappa shape index (κ3) is 4.50. The number of anilines is 1. The van der Waals surface area contributed by atoms with Crippen LogP contribution in [0.3, 0.4) is 0 Å². The molecule has 0 radical (unpaired) electrons. The number of carbonyl (C=O) groups is 1. The van der Waals surface area contributed by atoms with Crippen molar-refractivity contribution < 1.29 is 23.4 Å². The first-order chi connectivity index (χ1) is 16.0. The summed E-state index contributed by atoms with van der Waals surface area (Å²) in [5.74, 6) is 0.510. The van der Waals surface area contributed by atoms with Gasteiger partial charge in [-0.25, -0.2) is 9.18 Å². The summed E-state index contributed by atoms with van der Waals surface area (Å²) >= 11 is 0. The monoisotopic (exact) mass is 453 g/mol. The van der Waals surface area contributed by atoms with Gasteiger partial charge in [-0.2, -0.15) is 4.68 Å². The van der Waals surface area contributed by atoms with E-state index in [2.05, 4.69) is 20.8 Å². The van der Waals surface area contributed by atoms with E-state index >= 15 is 0 Å². The number of tetrazole rings is 1. The van der Waals surface area contributed by atoms with Gasteiger partial charge in [-0.15, -0.1) is 0 Å². The smallest absolute Gasteiger partial charge is 0.338 e. The van der Waals surface area contributed by atoms with Crippen molar-refractivity contribution in [3.8, 4) is 11.5 Å². The molecule has 1 aliphatic rings. The number of hydrogen-bond acceptors (Lipinski definition) is 8. The lowest BCUT2D eigenvalue weighted by Crippen LogP contribution is -2.29. The van der Waals surface area contributed by atoms with E-state index in [0.29, 0.717) is 46.5 Å². The molecular weight excluding hydrogens is 429 g/mol. The van der Waals surface area contributed by atoms with Crippen LogP contribution >= 0.6 is 0 Å². The number of aromatic nitrogens is 4. The Morgan fingerprint density at radius 1 is 1.12 bits per heavy atom. The van der Waals surface area contributed by atoms with Gasteiger partial charge in [-0.1, -0.05) is 29.4 Å². The minimum atomic E-state index is -0.630.